The van der Waals surface area contributed by atoms with E-state index in [1.807, 2.05) is 60.0 Å². The van der Waals surface area contributed by atoms with Crippen molar-refractivity contribution in [2.24, 2.45) is 4.99 Å². The van der Waals surface area contributed by atoms with Crippen LogP contribution in [0, 0.1) is 0 Å². The van der Waals surface area contributed by atoms with Crippen LogP contribution in [0.25, 0.3) is 5.65 Å². The van der Waals surface area contributed by atoms with Gasteiger partial charge in [0.25, 0.3) is 5.91 Å². The van der Waals surface area contributed by atoms with Crippen molar-refractivity contribution in [3.63, 3.8) is 0 Å². The molecule has 0 atom stereocenters. The van der Waals surface area contributed by atoms with Crippen molar-refractivity contribution in [2.75, 3.05) is 13.6 Å². The summed E-state index contributed by atoms with van der Waals surface area (Å²) < 4.78 is 1.93. The number of benzene rings is 1. The van der Waals surface area contributed by atoms with Gasteiger partial charge < -0.3 is 16.0 Å². The summed E-state index contributed by atoms with van der Waals surface area (Å²) >= 11 is 0. The Bertz CT molecular complexity index is 970. The van der Waals surface area contributed by atoms with Gasteiger partial charge in [0.2, 0.25) is 0 Å². The summed E-state index contributed by atoms with van der Waals surface area (Å²) in [6.07, 6.45) is 2.84. The Morgan fingerprint density at radius 3 is 2.69 bits per heavy atom. The number of rotatable bonds is 7. The van der Waals surface area contributed by atoms with Gasteiger partial charge in [0, 0.05) is 31.9 Å². The van der Waals surface area contributed by atoms with Crippen LogP contribution in [0.1, 0.15) is 35.1 Å². The SMILES string of the molecule is CCCNC(=O)c1cccc(CNC(=NC)NCc2nnc3ccccn23)c1.I. The molecule has 0 aliphatic carbocycles. The number of guanidine groups is 1. The van der Waals surface area contributed by atoms with Crippen molar-refractivity contribution in [1.82, 2.24) is 30.5 Å². The maximum absolute atomic E-state index is 12.1. The first kappa shape index (κ1) is 22.6. The van der Waals surface area contributed by atoms with Gasteiger partial charge in [0.05, 0.1) is 6.54 Å². The lowest BCUT2D eigenvalue weighted by atomic mass is 10.1. The molecular weight excluding hydrogens is 481 g/mol. The molecule has 0 radical (unpaired) electrons. The molecule has 8 nitrogen and oxygen atoms in total. The molecule has 0 saturated heterocycles. The van der Waals surface area contributed by atoms with Gasteiger partial charge in [-0.05, 0) is 36.2 Å². The fraction of sp³-hybridized carbons (Fsp3) is 0.300. The van der Waals surface area contributed by atoms with E-state index in [1.165, 1.54) is 0 Å². The van der Waals surface area contributed by atoms with Crippen molar-refractivity contribution in [3.05, 3.63) is 65.6 Å². The van der Waals surface area contributed by atoms with E-state index >= 15 is 0 Å². The van der Waals surface area contributed by atoms with E-state index in [9.17, 15) is 4.79 Å². The van der Waals surface area contributed by atoms with Gasteiger partial charge in [-0.15, -0.1) is 34.2 Å². The third-order valence-corrected chi connectivity index (χ3v) is 4.21. The number of pyridine rings is 1. The number of carbonyl (C=O) groups is 1. The molecule has 0 bridgehead atoms. The second kappa shape index (κ2) is 11.3. The largest absolute Gasteiger partial charge is 0.352 e. The molecule has 0 unspecified atom stereocenters. The number of nitrogens with zero attached hydrogens (tertiary/aromatic N) is 4. The van der Waals surface area contributed by atoms with Crippen LogP contribution in [0.5, 0.6) is 0 Å². The molecule has 154 valence electrons. The Morgan fingerprint density at radius 1 is 1.07 bits per heavy atom. The van der Waals surface area contributed by atoms with Crippen LogP contribution in [-0.4, -0.2) is 40.1 Å². The molecule has 1 aromatic carbocycles. The first-order chi connectivity index (χ1) is 13.7. The highest BCUT2D eigenvalue weighted by atomic mass is 127. The summed E-state index contributed by atoms with van der Waals surface area (Å²) in [4.78, 5) is 16.3. The third-order valence-electron chi connectivity index (χ3n) is 4.21. The van der Waals surface area contributed by atoms with Crippen molar-refractivity contribution >= 4 is 41.5 Å². The van der Waals surface area contributed by atoms with Gasteiger partial charge in [-0.25, -0.2) is 0 Å². The Labute approximate surface area is 187 Å². The zero-order valence-electron chi connectivity index (χ0n) is 16.6. The van der Waals surface area contributed by atoms with Crippen LogP contribution >= 0.6 is 24.0 Å². The minimum atomic E-state index is -0.0510. The molecular formula is C20H26IN7O. The molecule has 3 N–H and O–H groups in total. The molecule has 0 fully saturated rings. The highest BCUT2D eigenvalue weighted by molar-refractivity contribution is 14.0. The van der Waals surface area contributed by atoms with Gasteiger partial charge in [-0.1, -0.05) is 25.1 Å². The summed E-state index contributed by atoms with van der Waals surface area (Å²) in [7, 11) is 1.71. The first-order valence-electron chi connectivity index (χ1n) is 9.31. The smallest absolute Gasteiger partial charge is 0.251 e. The van der Waals surface area contributed by atoms with Gasteiger partial charge in [0.1, 0.15) is 0 Å². The summed E-state index contributed by atoms with van der Waals surface area (Å²) in [5.41, 5.74) is 2.46. The van der Waals surface area contributed by atoms with Crippen molar-refractivity contribution < 1.29 is 4.79 Å². The highest BCUT2D eigenvalue weighted by Gasteiger charge is 2.07. The predicted octanol–water partition coefficient (Wildman–Crippen LogP) is 2.35. The van der Waals surface area contributed by atoms with Crippen LogP contribution in [0.15, 0.2) is 53.7 Å². The normalized spacial score (nSPS) is 11.0. The topological polar surface area (TPSA) is 95.7 Å². The Kier molecular flexibility index (Phi) is 8.84. The summed E-state index contributed by atoms with van der Waals surface area (Å²) in [5, 5.41) is 17.7. The number of nitrogens with one attached hydrogen (secondary N) is 3. The molecule has 0 aliphatic rings. The molecule has 0 saturated carbocycles. The minimum Gasteiger partial charge on any atom is -0.352 e. The van der Waals surface area contributed by atoms with Crippen molar-refractivity contribution in [3.8, 4) is 0 Å². The van der Waals surface area contributed by atoms with Crippen LogP contribution in [0.3, 0.4) is 0 Å². The number of halogens is 1. The summed E-state index contributed by atoms with van der Waals surface area (Å²) in [5.74, 6) is 1.39. The van der Waals surface area contributed by atoms with E-state index in [4.69, 9.17) is 0 Å². The Balaban J connectivity index is 0.00000300. The van der Waals surface area contributed by atoms with E-state index in [2.05, 4.69) is 31.1 Å². The van der Waals surface area contributed by atoms with Gasteiger partial charge in [-0.2, -0.15) is 0 Å². The third kappa shape index (κ3) is 6.14. The maximum Gasteiger partial charge on any atom is 0.251 e. The number of carbonyl (C=O) groups excluding carboxylic acids is 1. The van der Waals surface area contributed by atoms with Crippen LogP contribution in [0.4, 0.5) is 0 Å². The van der Waals surface area contributed by atoms with E-state index < -0.39 is 0 Å². The lowest BCUT2D eigenvalue weighted by Crippen LogP contribution is -2.36. The van der Waals surface area contributed by atoms with Gasteiger partial charge >= 0.3 is 0 Å². The maximum atomic E-state index is 12.1. The quantitative estimate of drug-likeness (QED) is 0.259. The number of aromatic nitrogens is 3. The number of hydrogen-bond donors (Lipinski definition) is 3. The molecule has 9 heteroatoms. The monoisotopic (exact) mass is 507 g/mol. The second-order valence-corrected chi connectivity index (χ2v) is 6.28. The fourth-order valence-corrected chi connectivity index (χ4v) is 2.74. The lowest BCUT2D eigenvalue weighted by molar-refractivity contribution is 0.0953. The van der Waals surface area contributed by atoms with Gasteiger partial charge in [0.15, 0.2) is 17.4 Å². The zero-order chi connectivity index (χ0) is 19.8. The molecule has 2 heterocycles. The molecule has 3 rings (SSSR count). The van der Waals surface area contributed by atoms with Crippen molar-refractivity contribution in [1.29, 1.82) is 0 Å². The predicted molar refractivity (Wildman–Crippen MR) is 125 cm³/mol. The summed E-state index contributed by atoms with van der Waals surface area (Å²) in [6.45, 7) is 3.75. The molecule has 1 amide bonds. The average Bonchev–Trinajstić information content (AvgIpc) is 3.15. The Hall–Kier alpha value is -2.69. The van der Waals surface area contributed by atoms with Crippen LogP contribution in [0.2, 0.25) is 0 Å². The minimum absolute atomic E-state index is 0. The van der Waals surface area contributed by atoms with E-state index in [0.29, 0.717) is 31.2 Å². The summed E-state index contributed by atoms with van der Waals surface area (Å²) in [6, 6.07) is 13.3. The van der Waals surface area contributed by atoms with E-state index in [1.54, 1.807) is 7.05 Å². The first-order valence-corrected chi connectivity index (χ1v) is 9.31. The van der Waals surface area contributed by atoms with Crippen LogP contribution in [-0.2, 0) is 13.1 Å². The molecule has 0 aliphatic heterocycles. The molecule has 29 heavy (non-hydrogen) atoms. The molecule has 3 aromatic rings. The average molecular weight is 507 g/mol. The Morgan fingerprint density at radius 2 is 1.90 bits per heavy atom. The van der Waals surface area contributed by atoms with Crippen molar-refractivity contribution in [2.45, 2.75) is 26.4 Å². The highest BCUT2D eigenvalue weighted by Crippen LogP contribution is 2.06. The standard InChI is InChI=1S/C20H25N7O.HI/c1-3-10-22-19(28)16-8-6-7-15(12-16)13-23-20(21-2)24-14-18-26-25-17-9-4-5-11-27(17)18;/h4-9,11-12H,3,10,13-14H2,1-2H3,(H,22,28)(H2,21,23,24);1H. The number of hydrogen-bond acceptors (Lipinski definition) is 4. The number of amides is 1. The van der Waals surface area contributed by atoms with Gasteiger partial charge in [-0.3, -0.25) is 14.2 Å². The second-order valence-electron chi connectivity index (χ2n) is 6.28. The number of aliphatic imine (C=N–C) groups is 1. The van der Waals surface area contributed by atoms with E-state index in [-0.39, 0.29) is 29.9 Å². The molecule has 0 spiro atoms. The number of fused-ring (bicyclic) bond motifs is 1. The molecule has 2 aromatic heterocycles. The van der Waals surface area contributed by atoms with Crippen LogP contribution < -0.4 is 16.0 Å². The zero-order valence-corrected chi connectivity index (χ0v) is 18.9. The van der Waals surface area contributed by atoms with E-state index in [0.717, 1.165) is 23.5 Å². The fourth-order valence-electron chi connectivity index (χ4n) is 2.74. The lowest BCUT2D eigenvalue weighted by Gasteiger charge is -2.12.